The van der Waals surface area contributed by atoms with Crippen molar-refractivity contribution in [3.05, 3.63) is 39.7 Å². The van der Waals surface area contributed by atoms with E-state index >= 15 is 0 Å². The summed E-state index contributed by atoms with van der Waals surface area (Å²) in [6.07, 6.45) is 1.30. The Morgan fingerprint density at radius 3 is 2.85 bits per heavy atom. The second-order valence-electron chi connectivity index (χ2n) is 5.15. The molecule has 1 saturated heterocycles. The van der Waals surface area contributed by atoms with Gasteiger partial charge in [0.15, 0.2) is 0 Å². The fourth-order valence-corrected chi connectivity index (χ4v) is 2.53. The Kier molecular flexibility index (Phi) is 3.71. The van der Waals surface area contributed by atoms with Crippen molar-refractivity contribution in [1.29, 1.82) is 0 Å². The number of halogens is 1. The van der Waals surface area contributed by atoms with Gasteiger partial charge in [-0.1, -0.05) is 6.07 Å². The first-order valence-electron chi connectivity index (χ1n) is 6.26. The first kappa shape index (κ1) is 14.4. The number of nitro benzene ring substituents is 1. The van der Waals surface area contributed by atoms with Crippen LogP contribution in [0.3, 0.4) is 0 Å². The highest BCUT2D eigenvalue weighted by atomic mass is 19.1. The number of likely N-dealkylation sites (tertiary alicyclic amines) is 1. The van der Waals surface area contributed by atoms with E-state index in [9.17, 15) is 24.4 Å². The molecule has 0 saturated carbocycles. The third kappa shape index (κ3) is 2.49. The zero-order chi connectivity index (χ0) is 14.9. The van der Waals surface area contributed by atoms with Crippen LogP contribution in [-0.4, -0.2) is 33.0 Å². The summed E-state index contributed by atoms with van der Waals surface area (Å²) in [6, 6.07) is 3.67. The first-order valence-corrected chi connectivity index (χ1v) is 6.26. The molecular weight excluding hydrogens is 267 g/mol. The predicted octanol–water partition coefficient (Wildman–Crippen LogP) is 2.17. The summed E-state index contributed by atoms with van der Waals surface area (Å²) in [7, 11) is 0. The Bertz CT molecular complexity index is 563. The largest absolute Gasteiger partial charge is 0.480 e. The van der Waals surface area contributed by atoms with Gasteiger partial charge in [-0.2, -0.15) is 4.39 Å². The van der Waals surface area contributed by atoms with Gasteiger partial charge in [-0.25, -0.2) is 0 Å². The molecule has 108 valence electrons. The van der Waals surface area contributed by atoms with Crippen LogP contribution in [0.4, 0.5) is 10.1 Å². The normalized spacial score (nSPS) is 22.9. The Hall–Kier alpha value is -2.02. The van der Waals surface area contributed by atoms with Crippen LogP contribution in [-0.2, 0) is 11.3 Å². The predicted molar refractivity (Wildman–Crippen MR) is 68.7 cm³/mol. The van der Waals surface area contributed by atoms with Crippen LogP contribution in [0.25, 0.3) is 0 Å². The number of nitro groups is 1. The summed E-state index contributed by atoms with van der Waals surface area (Å²) in [5.41, 5.74) is -1.00. The molecule has 0 aliphatic carbocycles. The number of nitrogens with zero attached hydrogens (tertiary/aromatic N) is 2. The Morgan fingerprint density at radius 2 is 2.30 bits per heavy atom. The quantitative estimate of drug-likeness (QED) is 0.676. The standard InChI is InChI=1S/C13H15FN2O4/c1-13(12(17)18)5-2-6-15(13)8-9-3-4-11(16(19)20)10(14)7-9/h3-4,7H,2,5-6,8H2,1H3,(H,17,18). The molecule has 7 heteroatoms. The summed E-state index contributed by atoms with van der Waals surface area (Å²) in [5.74, 6) is -1.80. The molecule has 1 fully saturated rings. The van der Waals surface area contributed by atoms with Crippen LogP contribution in [0.2, 0.25) is 0 Å². The van der Waals surface area contributed by atoms with E-state index in [2.05, 4.69) is 0 Å². The van der Waals surface area contributed by atoms with Gasteiger partial charge in [0, 0.05) is 12.6 Å². The van der Waals surface area contributed by atoms with Gasteiger partial charge in [-0.15, -0.1) is 0 Å². The highest BCUT2D eigenvalue weighted by Crippen LogP contribution is 2.31. The minimum Gasteiger partial charge on any atom is -0.480 e. The zero-order valence-corrected chi connectivity index (χ0v) is 11.0. The van der Waals surface area contributed by atoms with E-state index in [4.69, 9.17) is 0 Å². The molecule has 0 aromatic heterocycles. The second kappa shape index (κ2) is 5.16. The third-order valence-electron chi connectivity index (χ3n) is 3.83. The van der Waals surface area contributed by atoms with Crippen molar-refractivity contribution in [2.75, 3.05) is 6.54 Å². The summed E-state index contributed by atoms with van der Waals surface area (Å²) >= 11 is 0. The average Bonchev–Trinajstić information content (AvgIpc) is 2.72. The topological polar surface area (TPSA) is 83.7 Å². The molecule has 20 heavy (non-hydrogen) atoms. The zero-order valence-electron chi connectivity index (χ0n) is 11.0. The molecule has 0 bridgehead atoms. The number of rotatable bonds is 4. The average molecular weight is 282 g/mol. The van der Waals surface area contributed by atoms with Crippen LogP contribution >= 0.6 is 0 Å². The van der Waals surface area contributed by atoms with E-state index in [0.29, 0.717) is 18.5 Å². The van der Waals surface area contributed by atoms with Crippen LogP contribution in [0, 0.1) is 15.9 Å². The van der Waals surface area contributed by atoms with Gasteiger partial charge in [0.1, 0.15) is 5.54 Å². The molecule has 1 unspecified atom stereocenters. The molecule has 1 atom stereocenters. The molecule has 6 nitrogen and oxygen atoms in total. The Morgan fingerprint density at radius 1 is 1.60 bits per heavy atom. The minimum atomic E-state index is -0.960. The molecule has 0 radical (unpaired) electrons. The number of hydrogen-bond donors (Lipinski definition) is 1. The molecule has 1 aliphatic heterocycles. The lowest BCUT2D eigenvalue weighted by Gasteiger charge is -2.31. The van der Waals surface area contributed by atoms with Gasteiger partial charge in [-0.05, 0) is 37.9 Å². The van der Waals surface area contributed by atoms with E-state index in [-0.39, 0.29) is 6.54 Å². The maximum absolute atomic E-state index is 13.5. The van der Waals surface area contributed by atoms with Crippen molar-refractivity contribution in [3.63, 3.8) is 0 Å². The van der Waals surface area contributed by atoms with E-state index in [0.717, 1.165) is 18.6 Å². The number of carboxylic acid groups (broad SMARTS) is 1. The maximum Gasteiger partial charge on any atom is 0.323 e. The lowest BCUT2D eigenvalue weighted by molar-refractivity contribution is -0.387. The number of benzene rings is 1. The van der Waals surface area contributed by atoms with Crippen molar-refractivity contribution in [2.45, 2.75) is 31.8 Å². The van der Waals surface area contributed by atoms with E-state index < -0.39 is 27.9 Å². The van der Waals surface area contributed by atoms with Crippen LogP contribution in [0.5, 0.6) is 0 Å². The monoisotopic (exact) mass is 282 g/mol. The highest BCUT2D eigenvalue weighted by Gasteiger charge is 2.43. The van der Waals surface area contributed by atoms with Crippen molar-refractivity contribution in [1.82, 2.24) is 4.90 Å². The lowest BCUT2D eigenvalue weighted by Crippen LogP contribution is -2.47. The number of carboxylic acids is 1. The molecule has 1 N–H and O–H groups in total. The maximum atomic E-state index is 13.5. The van der Waals surface area contributed by atoms with Gasteiger partial charge in [-0.3, -0.25) is 19.8 Å². The molecule has 1 aromatic rings. The molecule has 0 spiro atoms. The highest BCUT2D eigenvalue weighted by molar-refractivity contribution is 5.78. The molecule has 0 amide bonds. The number of carbonyl (C=O) groups is 1. The van der Waals surface area contributed by atoms with Gasteiger partial charge < -0.3 is 5.11 Å². The Balaban J connectivity index is 2.20. The molecule has 1 heterocycles. The SMILES string of the molecule is CC1(C(=O)O)CCCN1Cc1ccc([N+](=O)[O-])c(F)c1. The van der Waals surface area contributed by atoms with E-state index in [1.807, 2.05) is 0 Å². The van der Waals surface area contributed by atoms with Crippen LogP contribution in [0.1, 0.15) is 25.3 Å². The van der Waals surface area contributed by atoms with Gasteiger partial charge in [0.2, 0.25) is 5.82 Å². The van der Waals surface area contributed by atoms with Gasteiger partial charge >= 0.3 is 11.7 Å². The summed E-state index contributed by atoms with van der Waals surface area (Å²) in [4.78, 5) is 22.9. The van der Waals surface area contributed by atoms with Crippen molar-refractivity contribution < 1.29 is 19.2 Å². The van der Waals surface area contributed by atoms with Crippen molar-refractivity contribution in [2.24, 2.45) is 0 Å². The van der Waals surface area contributed by atoms with E-state index in [1.54, 1.807) is 11.8 Å². The summed E-state index contributed by atoms with van der Waals surface area (Å²) in [6.45, 7) is 2.52. The molecule has 2 rings (SSSR count). The number of aliphatic carboxylic acids is 1. The van der Waals surface area contributed by atoms with Crippen molar-refractivity contribution >= 4 is 11.7 Å². The summed E-state index contributed by atoms with van der Waals surface area (Å²) < 4.78 is 13.5. The molecular formula is C13H15FN2O4. The third-order valence-corrected chi connectivity index (χ3v) is 3.83. The van der Waals surface area contributed by atoms with Gasteiger partial charge in [0.05, 0.1) is 4.92 Å². The number of hydrogen-bond acceptors (Lipinski definition) is 4. The lowest BCUT2D eigenvalue weighted by atomic mass is 9.99. The van der Waals surface area contributed by atoms with Crippen LogP contribution in [0.15, 0.2) is 18.2 Å². The minimum absolute atomic E-state index is 0.262. The first-order chi connectivity index (χ1) is 9.34. The molecule has 1 aliphatic rings. The van der Waals surface area contributed by atoms with Crippen molar-refractivity contribution in [3.8, 4) is 0 Å². The van der Waals surface area contributed by atoms with Gasteiger partial charge in [0.25, 0.3) is 0 Å². The second-order valence-corrected chi connectivity index (χ2v) is 5.15. The Labute approximate surface area is 115 Å². The smallest absolute Gasteiger partial charge is 0.323 e. The fraction of sp³-hybridized carbons (Fsp3) is 0.462. The van der Waals surface area contributed by atoms with E-state index in [1.165, 1.54) is 6.07 Å². The molecule has 1 aromatic carbocycles. The summed E-state index contributed by atoms with van der Waals surface area (Å²) in [5, 5.41) is 19.8. The van der Waals surface area contributed by atoms with Crippen LogP contribution < -0.4 is 0 Å². The fourth-order valence-electron chi connectivity index (χ4n) is 2.53.